The van der Waals surface area contributed by atoms with E-state index in [0.29, 0.717) is 37.1 Å². The zero-order chi connectivity index (χ0) is 19.6. The van der Waals surface area contributed by atoms with Gasteiger partial charge in [0.1, 0.15) is 6.54 Å². The third-order valence-electron chi connectivity index (χ3n) is 5.27. The molecule has 2 heterocycles. The highest BCUT2D eigenvalue weighted by molar-refractivity contribution is 6.12. The Morgan fingerprint density at radius 1 is 1.22 bits per heavy atom. The minimum atomic E-state index is -0.878. The van der Waals surface area contributed by atoms with Crippen molar-refractivity contribution >= 4 is 29.5 Å². The number of carbonyl (C=O) groups is 4. The standard InChI is InChI=1S/C19H23N3O5/c1-2-8-19(17(25)26)9-3-10-21(12-19)16(24)13-4-6-14(7-5-13)22-11-15(23)20-18(22)27/h4-7H,2-3,8-12H2,1H3,(H,25,26)(H,20,23,27)/t19-/m0/s1. The van der Waals surface area contributed by atoms with E-state index in [0.717, 1.165) is 6.42 Å². The average Bonchev–Trinajstić information content (AvgIpc) is 3.00. The van der Waals surface area contributed by atoms with Crippen LogP contribution in [0.5, 0.6) is 0 Å². The number of piperidine rings is 1. The van der Waals surface area contributed by atoms with Gasteiger partial charge in [-0.2, -0.15) is 0 Å². The van der Waals surface area contributed by atoms with Gasteiger partial charge in [-0.25, -0.2) is 4.79 Å². The summed E-state index contributed by atoms with van der Waals surface area (Å²) in [4.78, 5) is 50.6. The summed E-state index contributed by atoms with van der Waals surface area (Å²) in [5.41, 5.74) is 0.0816. The Morgan fingerprint density at radius 2 is 1.93 bits per heavy atom. The maximum absolute atomic E-state index is 12.8. The summed E-state index contributed by atoms with van der Waals surface area (Å²) in [6.07, 6.45) is 2.53. The highest BCUT2D eigenvalue weighted by atomic mass is 16.4. The minimum Gasteiger partial charge on any atom is -0.481 e. The van der Waals surface area contributed by atoms with Crippen LogP contribution in [0, 0.1) is 5.41 Å². The van der Waals surface area contributed by atoms with Crippen molar-refractivity contribution in [2.24, 2.45) is 5.41 Å². The number of imide groups is 1. The van der Waals surface area contributed by atoms with Crippen molar-refractivity contribution in [1.29, 1.82) is 0 Å². The second-order valence-electron chi connectivity index (χ2n) is 7.15. The molecular weight excluding hydrogens is 350 g/mol. The van der Waals surface area contributed by atoms with Gasteiger partial charge in [-0.05, 0) is 43.5 Å². The van der Waals surface area contributed by atoms with Crippen molar-refractivity contribution in [2.75, 3.05) is 24.5 Å². The molecule has 27 heavy (non-hydrogen) atoms. The molecule has 0 radical (unpaired) electrons. The van der Waals surface area contributed by atoms with E-state index < -0.39 is 17.4 Å². The molecule has 144 valence electrons. The number of likely N-dealkylation sites (tertiary alicyclic amines) is 1. The second-order valence-corrected chi connectivity index (χ2v) is 7.15. The topological polar surface area (TPSA) is 107 Å². The first-order valence-electron chi connectivity index (χ1n) is 9.10. The van der Waals surface area contributed by atoms with Crippen molar-refractivity contribution in [3.63, 3.8) is 0 Å². The van der Waals surface area contributed by atoms with Crippen LogP contribution in [0.25, 0.3) is 0 Å². The number of amides is 4. The van der Waals surface area contributed by atoms with E-state index in [9.17, 15) is 24.3 Å². The van der Waals surface area contributed by atoms with Gasteiger partial charge in [-0.3, -0.25) is 24.6 Å². The summed E-state index contributed by atoms with van der Waals surface area (Å²) in [5, 5.41) is 11.9. The Bertz CT molecular complexity index is 772. The van der Waals surface area contributed by atoms with Crippen LogP contribution in [0.2, 0.25) is 0 Å². The molecule has 1 aromatic carbocycles. The number of rotatable bonds is 5. The molecule has 0 aromatic heterocycles. The highest BCUT2D eigenvalue weighted by Crippen LogP contribution is 2.35. The van der Waals surface area contributed by atoms with E-state index in [-0.39, 0.29) is 24.9 Å². The van der Waals surface area contributed by atoms with Gasteiger partial charge in [0, 0.05) is 24.3 Å². The molecule has 2 aliphatic heterocycles. The second kappa shape index (κ2) is 7.38. The van der Waals surface area contributed by atoms with Crippen molar-refractivity contribution in [1.82, 2.24) is 10.2 Å². The predicted octanol–water partition coefficient (Wildman–Crippen LogP) is 1.85. The molecule has 0 bridgehead atoms. The van der Waals surface area contributed by atoms with Crippen LogP contribution in [-0.2, 0) is 9.59 Å². The molecule has 4 amide bonds. The first kappa shape index (κ1) is 18.9. The summed E-state index contributed by atoms with van der Waals surface area (Å²) < 4.78 is 0. The largest absolute Gasteiger partial charge is 0.481 e. The van der Waals surface area contributed by atoms with Gasteiger partial charge < -0.3 is 10.0 Å². The average molecular weight is 373 g/mol. The van der Waals surface area contributed by atoms with E-state index in [2.05, 4.69) is 5.32 Å². The van der Waals surface area contributed by atoms with Gasteiger partial charge in [0.2, 0.25) is 5.91 Å². The van der Waals surface area contributed by atoms with E-state index in [4.69, 9.17) is 0 Å². The predicted molar refractivity (Wildman–Crippen MR) is 97.4 cm³/mol. The molecular formula is C19H23N3O5. The molecule has 1 aromatic rings. The number of nitrogens with one attached hydrogen (secondary N) is 1. The molecule has 8 heteroatoms. The number of urea groups is 1. The molecule has 2 saturated heterocycles. The number of carbonyl (C=O) groups excluding carboxylic acids is 3. The molecule has 2 fully saturated rings. The molecule has 3 rings (SSSR count). The Balaban J connectivity index is 1.74. The molecule has 0 saturated carbocycles. The first-order valence-corrected chi connectivity index (χ1v) is 9.10. The lowest BCUT2D eigenvalue weighted by Crippen LogP contribution is -2.49. The number of carboxylic acids is 1. The van der Waals surface area contributed by atoms with Crippen LogP contribution in [0.4, 0.5) is 10.5 Å². The van der Waals surface area contributed by atoms with Gasteiger partial charge in [0.05, 0.1) is 5.41 Å². The van der Waals surface area contributed by atoms with Crippen LogP contribution in [-0.4, -0.2) is 53.5 Å². The lowest BCUT2D eigenvalue weighted by molar-refractivity contribution is -0.152. The number of anilines is 1. The summed E-state index contributed by atoms with van der Waals surface area (Å²) in [6.45, 7) is 2.64. The quantitative estimate of drug-likeness (QED) is 0.766. The highest BCUT2D eigenvalue weighted by Gasteiger charge is 2.43. The van der Waals surface area contributed by atoms with Gasteiger partial charge in [0.25, 0.3) is 5.91 Å². The van der Waals surface area contributed by atoms with E-state index in [1.54, 1.807) is 29.2 Å². The van der Waals surface area contributed by atoms with Crippen molar-refractivity contribution in [3.8, 4) is 0 Å². The molecule has 1 atom stereocenters. The zero-order valence-corrected chi connectivity index (χ0v) is 15.2. The Morgan fingerprint density at radius 3 is 2.48 bits per heavy atom. The van der Waals surface area contributed by atoms with Crippen molar-refractivity contribution < 1.29 is 24.3 Å². The molecule has 0 unspecified atom stereocenters. The summed E-state index contributed by atoms with van der Waals surface area (Å²) in [7, 11) is 0. The van der Waals surface area contributed by atoms with Gasteiger partial charge in [-0.15, -0.1) is 0 Å². The Labute approximate surface area is 157 Å². The van der Waals surface area contributed by atoms with Gasteiger partial charge in [-0.1, -0.05) is 13.3 Å². The molecule has 8 nitrogen and oxygen atoms in total. The minimum absolute atomic E-state index is 0.0452. The molecule has 0 aliphatic carbocycles. The van der Waals surface area contributed by atoms with Gasteiger partial charge >= 0.3 is 12.0 Å². The van der Waals surface area contributed by atoms with Crippen LogP contribution in [0.3, 0.4) is 0 Å². The monoisotopic (exact) mass is 373 g/mol. The molecule has 2 N–H and O–H groups in total. The first-order chi connectivity index (χ1) is 12.9. The summed E-state index contributed by atoms with van der Waals surface area (Å²) >= 11 is 0. The fourth-order valence-electron chi connectivity index (χ4n) is 3.89. The number of hydrogen-bond acceptors (Lipinski definition) is 4. The number of aliphatic carboxylic acids is 1. The lowest BCUT2D eigenvalue weighted by Gasteiger charge is -2.40. The normalized spacial score (nSPS) is 22.7. The SMILES string of the molecule is CCC[C@]1(C(=O)O)CCCN(C(=O)c2ccc(N3CC(=O)NC3=O)cc2)C1. The fraction of sp³-hybridized carbons (Fsp3) is 0.474. The van der Waals surface area contributed by atoms with E-state index in [1.807, 2.05) is 6.92 Å². The van der Waals surface area contributed by atoms with Crippen LogP contribution >= 0.6 is 0 Å². The number of carboxylic acid groups (broad SMARTS) is 1. The Kier molecular flexibility index (Phi) is 5.16. The number of nitrogens with zero attached hydrogens (tertiary/aromatic N) is 2. The lowest BCUT2D eigenvalue weighted by atomic mass is 9.76. The zero-order valence-electron chi connectivity index (χ0n) is 15.2. The molecule has 2 aliphatic rings. The van der Waals surface area contributed by atoms with Crippen molar-refractivity contribution in [3.05, 3.63) is 29.8 Å². The maximum atomic E-state index is 12.8. The van der Waals surface area contributed by atoms with Crippen molar-refractivity contribution in [2.45, 2.75) is 32.6 Å². The van der Waals surface area contributed by atoms with Gasteiger partial charge in [0.15, 0.2) is 0 Å². The van der Waals surface area contributed by atoms with Crippen LogP contribution in [0.1, 0.15) is 43.0 Å². The molecule has 0 spiro atoms. The summed E-state index contributed by atoms with van der Waals surface area (Å²) in [5.74, 6) is -1.43. The smallest absolute Gasteiger partial charge is 0.329 e. The Hall–Kier alpha value is -2.90. The number of benzene rings is 1. The third kappa shape index (κ3) is 3.65. The fourth-order valence-corrected chi connectivity index (χ4v) is 3.89. The third-order valence-corrected chi connectivity index (χ3v) is 5.27. The maximum Gasteiger partial charge on any atom is 0.329 e. The van der Waals surface area contributed by atoms with E-state index >= 15 is 0 Å². The van der Waals surface area contributed by atoms with E-state index in [1.165, 1.54) is 4.90 Å². The van der Waals surface area contributed by atoms with Crippen LogP contribution in [0.15, 0.2) is 24.3 Å². The van der Waals surface area contributed by atoms with Crippen LogP contribution < -0.4 is 10.2 Å². The number of hydrogen-bond donors (Lipinski definition) is 2. The summed E-state index contributed by atoms with van der Waals surface area (Å²) in [6, 6.07) is 5.95.